The van der Waals surface area contributed by atoms with Gasteiger partial charge in [0.1, 0.15) is 17.1 Å². The largest absolute Gasteiger partial charge is 0.493 e. The number of hydrogen-bond acceptors (Lipinski definition) is 8. The van der Waals surface area contributed by atoms with Gasteiger partial charge in [0, 0.05) is 33.4 Å². The summed E-state index contributed by atoms with van der Waals surface area (Å²) in [6.07, 6.45) is 3.46. The maximum atomic E-state index is 13.6. The predicted molar refractivity (Wildman–Crippen MR) is 141 cm³/mol. The first-order valence-electron chi connectivity index (χ1n) is 12.7. The third-order valence-corrected chi connectivity index (χ3v) is 7.83. The summed E-state index contributed by atoms with van der Waals surface area (Å²) in [4.78, 5) is 20.5. The molecule has 0 atom stereocenters. The molecule has 0 saturated carbocycles. The number of unbranched alkanes of at least 4 members (excludes halogenated alkanes) is 1. The van der Waals surface area contributed by atoms with Gasteiger partial charge in [-0.05, 0) is 50.3 Å². The molecule has 0 bridgehead atoms. The smallest absolute Gasteiger partial charge is 0.277 e. The Morgan fingerprint density at radius 1 is 1.08 bits per heavy atom. The Labute approximate surface area is 217 Å². The van der Waals surface area contributed by atoms with Crippen molar-refractivity contribution >= 4 is 21.1 Å². The number of nitrogens with one attached hydrogen (secondary N) is 1. The summed E-state index contributed by atoms with van der Waals surface area (Å²) in [7, 11) is -2.24. The second-order valence-corrected chi connectivity index (χ2v) is 10.8. The number of aliphatic hydroxyl groups is 2. The van der Waals surface area contributed by atoms with Crippen molar-refractivity contribution in [1.29, 1.82) is 0 Å². The minimum Gasteiger partial charge on any atom is -0.493 e. The Bertz CT molecular complexity index is 1350. The van der Waals surface area contributed by atoms with Gasteiger partial charge in [0.2, 0.25) is 10.0 Å². The molecule has 0 aliphatic heterocycles. The van der Waals surface area contributed by atoms with E-state index in [2.05, 4.69) is 10.1 Å². The number of hydrogen-bond donors (Lipinski definition) is 3. The molecule has 0 aliphatic carbocycles. The third kappa shape index (κ3) is 6.56. The van der Waals surface area contributed by atoms with Crippen molar-refractivity contribution in [3.05, 3.63) is 34.2 Å². The van der Waals surface area contributed by atoms with Gasteiger partial charge >= 0.3 is 0 Å². The van der Waals surface area contributed by atoms with Gasteiger partial charge in [0.15, 0.2) is 5.52 Å². The second kappa shape index (κ2) is 13.1. The van der Waals surface area contributed by atoms with E-state index in [4.69, 9.17) is 14.8 Å². The molecule has 0 amide bonds. The first-order chi connectivity index (χ1) is 17.8. The van der Waals surface area contributed by atoms with E-state index in [1.807, 2.05) is 13.8 Å². The molecule has 0 saturated heterocycles. The Morgan fingerprint density at radius 3 is 2.49 bits per heavy atom. The zero-order chi connectivity index (χ0) is 27.0. The Hall–Kier alpha value is -2.80. The van der Waals surface area contributed by atoms with Crippen LogP contribution in [0.1, 0.15) is 51.6 Å². The van der Waals surface area contributed by atoms with Crippen LogP contribution >= 0.6 is 0 Å². The number of H-pyrrole nitrogens is 1. The van der Waals surface area contributed by atoms with Crippen LogP contribution in [0.25, 0.3) is 22.4 Å². The van der Waals surface area contributed by atoms with Crippen LogP contribution in [-0.4, -0.2) is 75.6 Å². The molecule has 2 heterocycles. The zero-order valence-electron chi connectivity index (χ0n) is 21.7. The minimum atomic E-state index is -3.94. The van der Waals surface area contributed by atoms with E-state index < -0.39 is 10.0 Å². The molecular formula is C25H37N5O6S. The summed E-state index contributed by atoms with van der Waals surface area (Å²) in [5.41, 5.74) is 1.52. The molecule has 2 aromatic heterocycles. The fourth-order valence-corrected chi connectivity index (χ4v) is 5.66. The summed E-state index contributed by atoms with van der Waals surface area (Å²) >= 11 is 0. The average Bonchev–Trinajstić information content (AvgIpc) is 3.20. The van der Waals surface area contributed by atoms with E-state index in [1.165, 1.54) is 21.1 Å². The van der Waals surface area contributed by atoms with E-state index in [9.17, 15) is 18.3 Å². The number of aromatic amines is 1. The monoisotopic (exact) mass is 535 g/mol. The first-order valence-corrected chi connectivity index (χ1v) is 14.2. The Kier molecular flexibility index (Phi) is 10.2. The first kappa shape index (κ1) is 28.8. The van der Waals surface area contributed by atoms with Gasteiger partial charge in [0.25, 0.3) is 5.56 Å². The molecule has 204 valence electrons. The highest BCUT2D eigenvalue weighted by atomic mass is 32.2. The van der Waals surface area contributed by atoms with Crippen molar-refractivity contribution in [3.63, 3.8) is 0 Å². The van der Waals surface area contributed by atoms with Gasteiger partial charge in [0.05, 0.1) is 22.8 Å². The van der Waals surface area contributed by atoms with Crippen LogP contribution in [0.3, 0.4) is 0 Å². The number of rotatable bonds is 15. The van der Waals surface area contributed by atoms with E-state index in [-0.39, 0.29) is 49.0 Å². The molecule has 0 aliphatic rings. The highest BCUT2D eigenvalue weighted by molar-refractivity contribution is 7.89. The Balaban J connectivity index is 2.15. The summed E-state index contributed by atoms with van der Waals surface area (Å²) in [5.74, 6) is 0.611. The zero-order valence-corrected chi connectivity index (χ0v) is 22.6. The van der Waals surface area contributed by atoms with Gasteiger partial charge < -0.3 is 19.9 Å². The fraction of sp³-hybridized carbons (Fsp3) is 0.560. The summed E-state index contributed by atoms with van der Waals surface area (Å²) < 4.78 is 35.9. The van der Waals surface area contributed by atoms with Crippen LogP contribution in [0.2, 0.25) is 0 Å². The molecule has 12 heteroatoms. The molecule has 1 aromatic carbocycles. The number of aryl methyl sites for hydroxylation is 2. The number of aromatic nitrogens is 4. The maximum absolute atomic E-state index is 13.6. The molecule has 3 aromatic rings. The SMILES string of the molecule is CCCOc1ccc(S(=O)(=O)N(CCCO)CCCCO)cc1-c1nc2c(CCC)nn(C)c2c(=O)[nH]1. The molecule has 3 rings (SSSR count). The lowest BCUT2D eigenvalue weighted by Gasteiger charge is -2.22. The molecule has 0 spiro atoms. The number of nitrogens with zero attached hydrogens (tertiary/aromatic N) is 4. The topological polar surface area (TPSA) is 151 Å². The third-order valence-electron chi connectivity index (χ3n) is 5.94. The number of ether oxygens (including phenoxy) is 1. The van der Waals surface area contributed by atoms with Crippen LogP contribution in [0, 0.1) is 0 Å². The average molecular weight is 536 g/mol. The van der Waals surface area contributed by atoms with Crippen LogP contribution in [0.4, 0.5) is 0 Å². The van der Waals surface area contributed by atoms with Gasteiger partial charge in [-0.2, -0.15) is 9.40 Å². The number of benzene rings is 1. The van der Waals surface area contributed by atoms with Gasteiger partial charge in [-0.25, -0.2) is 13.4 Å². The lowest BCUT2D eigenvalue weighted by atomic mass is 10.1. The van der Waals surface area contributed by atoms with Crippen LogP contribution in [0.5, 0.6) is 5.75 Å². The highest BCUT2D eigenvalue weighted by Gasteiger charge is 2.26. The van der Waals surface area contributed by atoms with Crippen molar-refractivity contribution < 1.29 is 23.4 Å². The van der Waals surface area contributed by atoms with Crippen molar-refractivity contribution in [2.45, 2.75) is 57.3 Å². The quantitative estimate of drug-likeness (QED) is 0.251. The van der Waals surface area contributed by atoms with Gasteiger partial charge in [-0.15, -0.1) is 0 Å². The molecule has 3 N–H and O–H groups in total. The van der Waals surface area contributed by atoms with Crippen LogP contribution in [0.15, 0.2) is 27.9 Å². The normalized spacial score (nSPS) is 12.1. The summed E-state index contributed by atoms with van der Waals surface area (Å²) in [6, 6.07) is 4.53. The van der Waals surface area contributed by atoms with E-state index >= 15 is 0 Å². The molecular weight excluding hydrogens is 498 g/mol. The Morgan fingerprint density at radius 2 is 1.81 bits per heavy atom. The summed E-state index contributed by atoms with van der Waals surface area (Å²) in [5, 5.41) is 22.9. The molecule has 37 heavy (non-hydrogen) atoms. The molecule has 0 unspecified atom stereocenters. The number of aliphatic hydroxyl groups excluding tert-OH is 2. The lowest BCUT2D eigenvalue weighted by molar-refractivity contribution is 0.258. The predicted octanol–water partition coefficient (Wildman–Crippen LogP) is 2.21. The van der Waals surface area contributed by atoms with Gasteiger partial charge in [-0.1, -0.05) is 20.3 Å². The van der Waals surface area contributed by atoms with E-state index in [0.717, 1.165) is 12.8 Å². The number of sulfonamides is 1. The van der Waals surface area contributed by atoms with Crippen LogP contribution < -0.4 is 10.3 Å². The molecule has 0 fully saturated rings. The summed E-state index contributed by atoms with van der Waals surface area (Å²) in [6.45, 7) is 4.57. The second-order valence-electron chi connectivity index (χ2n) is 8.85. The molecule has 0 radical (unpaired) electrons. The number of fused-ring (bicyclic) bond motifs is 1. The van der Waals surface area contributed by atoms with Crippen molar-refractivity contribution in [3.8, 4) is 17.1 Å². The standard InChI is InChI=1S/C25H37N5O6S/c1-4-9-20-22-23(29(3)28-20)25(33)27-24(26-22)19-17-18(10-11-21(19)36-16-5-2)37(34,35)30(13-8-15-32)12-6-7-14-31/h10-11,17,31-32H,4-9,12-16H2,1-3H3,(H,26,27,33). The van der Waals surface area contributed by atoms with Gasteiger partial charge in [-0.3, -0.25) is 9.48 Å². The fourth-order valence-electron chi connectivity index (χ4n) is 4.12. The van der Waals surface area contributed by atoms with Crippen molar-refractivity contribution in [2.75, 3.05) is 32.9 Å². The highest BCUT2D eigenvalue weighted by Crippen LogP contribution is 2.32. The molecule has 11 nitrogen and oxygen atoms in total. The van der Waals surface area contributed by atoms with Crippen LogP contribution in [-0.2, 0) is 23.5 Å². The minimum absolute atomic E-state index is 0.0241. The lowest BCUT2D eigenvalue weighted by Crippen LogP contribution is -2.33. The van der Waals surface area contributed by atoms with E-state index in [0.29, 0.717) is 53.9 Å². The maximum Gasteiger partial charge on any atom is 0.277 e. The van der Waals surface area contributed by atoms with Crippen molar-refractivity contribution in [1.82, 2.24) is 24.1 Å². The van der Waals surface area contributed by atoms with Crippen molar-refractivity contribution in [2.24, 2.45) is 7.05 Å². The van der Waals surface area contributed by atoms with E-state index in [1.54, 1.807) is 13.1 Å².